The maximum Gasteiger partial charge on any atom is 0.327 e. The van der Waals surface area contributed by atoms with Crippen LogP contribution >= 0.6 is 23.4 Å². The molecule has 1 atom stereocenters. The molecule has 1 aliphatic rings. The van der Waals surface area contributed by atoms with Gasteiger partial charge in [-0.2, -0.15) is 11.8 Å². The van der Waals surface area contributed by atoms with Crippen molar-refractivity contribution in [1.82, 2.24) is 9.88 Å². The number of pyridine rings is 1. The SMILES string of the molecule is O=C(O)C1CSCCN1C(=O)c1ccncc1Cl. The van der Waals surface area contributed by atoms with Crippen molar-refractivity contribution >= 4 is 35.2 Å². The van der Waals surface area contributed by atoms with Crippen LogP contribution in [0.1, 0.15) is 10.4 Å². The van der Waals surface area contributed by atoms with Gasteiger partial charge < -0.3 is 10.0 Å². The first-order chi connectivity index (χ1) is 8.61. The zero-order valence-corrected chi connectivity index (χ0v) is 10.9. The third-order valence-corrected chi connectivity index (χ3v) is 4.00. The summed E-state index contributed by atoms with van der Waals surface area (Å²) >= 11 is 7.43. The van der Waals surface area contributed by atoms with Crippen LogP contribution in [0.4, 0.5) is 0 Å². The highest BCUT2D eigenvalue weighted by Gasteiger charge is 2.33. The average Bonchev–Trinajstić information content (AvgIpc) is 2.38. The molecule has 0 saturated carbocycles. The fraction of sp³-hybridized carbons (Fsp3) is 0.364. The molecular formula is C11H11ClN2O3S. The number of carbonyl (C=O) groups is 2. The van der Waals surface area contributed by atoms with Crippen LogP contribution in [0.15, 0.2) is 18.5 Å². The number of carbonyl (C=O) groups excluding carboxylic acids is 1. The number of aliphatic carboxylic acids is 1. The summed E-state index contributed by atoms with van der Waals surface area (Å²) in [5.74, 6) is -0.196. The van der Waals surface area contributed by atoms with E-state index in [1.165, 1.54) is 35.1 Å². The fourth-order valence-corrected chi connectivity index (χ4v) is 2.99. The van der Waals surface area contributed by atoms with Crippen LogP contribution in [0.5, 0.6) is 0 Å². The van der Waals surface area contributed by atoms with Crippen molar-refractivity contribution in [1.29, 1.82) is 0 Å². The molecule has 5 nitrogen and oxygen atoms in total. The lowest BCUT2D eigenvalue weighted by molar-refractivity contribution is -0.141. The minimum absolute atomic E-state index is 0.241. The Kier molecular flexibility index (Phi) is 4.08. The average molecular weight is 287 g/mol. The zero-order valence-electron chi connectivity index (χ0n) is 9.38. The molecule has 7 heteroatoms. The first kappa shape index (κ1) is 13.2. The first-order valence-corrected chi connectivity index (χ1v) is 6.85. The van der Waals surface area contributed by atoms with E-state index in [9.17, 15) is 9.59 Å². The van der Waals surface area contributed by atoms with E-state index in [4.69, 9.17) is 16.7 Å². The molecular weight excluding hydrogens is 276 g/mol. The van der Waals surface area contributed by atoms with E-state index in [-0.39, 0.29) is 10.9 Å². The number of carboxylic acid groups (broad SMARTS) is 1. The second-order valence-electron chi connectivity index (χ2n) is 3.78. The molecule has 2 heterocycles. The number of aromatic nitrogens is 1. The molecule has 1 aromatic rings. The molecule has 1 aliphatic heterocycles. The van der Waals surface area contributed by atoms with Gasteiger partial charge in [0.1, 0.15) is 6.04 Å². The number of nitrogens with zero attached hydrogens (tertiary/aromatic N) is 2. The molecule has 1 saturated heterocycles. The molecule has 0 spiro atoms. The van der Waals surface area contributed by atoms with Gasteiger partial charge in [0.05, 0.1) is 10.6 Å². The molecule has 1 unspecified atom stereocenters. The van der Waals surface area contributed by atoms with Gasteiger partial charge in [0.15, 0.2) is 0 Å². The quantitative estimate of drug-likeness (QED) is 0.889. The summed E-state index contributed by atoms with van der Waals surface area (Å²) in [6, 6.07) is 0.714. The topological polar surface area (TPSA) is 70.5 Å². The Morgan fingerprint density at radius 2 is 2.33 bits per heavy atom. The second kappa shape index (κ2) is 5.58. The Morgan fingerprint density at radius 3 is 3.00 bits per heavy atom. The van der Waals surface area contributed by atoms with Crippen LogP contribution in [0, 0.1) is 0 Å². The van der Waals surface area contributed by atoms with E-state index in [2.05, 4.69) is 4.98 Å². The number of amides is 1. The van der Waals surface area contributed by atoms with Gasteiger partial charge in [-0.3, -0.25) is 9.78 Å². The third kappa shape index (κ3) is 2.59. The Balaban J connectivity index is 2.27. The first-order valence-electron chi connectivity index (χ1n) is 5.32. The van der Waals surface area contributed by atoms with E-state index < -0.39 is 12.0 Å². The molecule has 1 aromatic heterocycles. The molecule has 1 fully saturated rings. The van der Waals surface area contributed by atoms with Crippen LogP contribution in [0.3, 0.4) is 0 Å². The largest absolute Gasteiger partial charge is 0.480 e. The van der Waals surface area contributed by atoms with Crippen molar-refractivity contribution in [2.45, 2.75) is 6.04 Å². The van der Waals surface area contributed by atoms with Crippen molar-refractivity contribution < 1.29 is 14.7 Å². The summed E-state index contributed by atoms with van der Waals surface area (Å²) < 4.78 is 0. The normalized spacial score (nSPS) is 19.6. The highest BCUT2D eigenvalue weighted by Crippen LogP contribution is 2.22. The van der Waals surface area contributed by atoms with Crippen molar-refractivity contribution in [3.8, 4) is 0 Å². The van der Waals surface area contributed by atoms with Crippen molar-refractivity contribution in [3.05, 3.63) is 29.0 Å². The number of hydrogen-bond donors (Lipinski definition) is 1. The van der Waals surface area contributed by atoms with Crippen LogP contribution in [-0.2, 0) is 4.79 Å². The highest BCUT2D eigenvalue weighted by atomic mass is 35.5. The van der Waals surface area contributed by atoms with Gasteiger partial charge in [0.2, 0.25) is 0 Å². The molecule has 2 rings (SSSR count). The van der Waals surface area contributed by atoms with E-state index in [1.54, 1.807) is 0 Å². The molecule has 0 aliphatic carbocycles. The van der Waals surface area contributed by atoms with E-state index in [0.717, 1.165) is 5.75 Å². The van der Waals surface area contributed by atoms with E-state index in [1.807, 2.05) is 0 Å². The molecule has 96 valence electrons. The number of hydrogen-bond acceptors (Lipinski definition) is 4. The predicted molar refractivity (Wildman–Crippen MR) is 69.0 cm³/mol. The lowest BCUT2D eigenvalue weighted by Crippen LogP contribution is -2.50. The minimum atomic E-state index is -0.985. The fourth-order valence-electron chi connectivity index (χ4n) is 1.75. The van der Waals surface area contributed by atoms with Gasteiger partial charge in [-0.1, -0.05) is 11.6 Å². The number of halogens is 1. The van der Waals surface area contributed by atoms with Gasteiger partial charge in [0.25, 0.3) is 5.91 Å². The second-order valence-corrected chi connectivity index (χ2v) is 5.34. The summed E-state index contributed by atoms with van der Waals surface area (Å²) in [5, 5.41) is 9.36. The smallest absolute Gasteiger partial charge is 0.327 e. The lowest BCUT2D eigenvalue weighted by Gasteiger charge is -2.32. The number of thioether (sulfide) groups is 1. The van der Waals surface area contributed by atoms with Gasteiger partial charge in [-0.15, -0.1) is 0 Å². The third-order valence-electron chi connectivity index (χ3n) is 2.68. The van der Waals surface area contributed by atoms with Crippen LogP contribution in [0.2, 0.25) is 5.02 Å². The maximum atomic E-state index is 12.3. The maximum absolute atomic E-state index is 12.3. The molecule has 0 bridgehead atoms. The van der Waals surface area contributed by atoms with Gasteiger partial charge >= 0.3 is 5.97 Å². The summed E-state index contributed by atoms with van der Waals surface area (Å²) in [4.78, 5) is 28.6. The van der Waals surface area contributed by atoms with Gasteiger partial charge in [0, 0.05) is 30.4 Å². The van der Waals surface area contributed by atoms with Crippen LogP contribution in [-0.4, -0.2) is 51.0 Å². The number of carboxylic acids is 1. The van der Waals surface area contributed by atoms with Crippen molar-refractivity contribution in [3.63, 3.8) is 0 Å². The van der Waals surface area contributed by atoms with E-state index in [0.29, 0.717) is 17.9 Å². The Bertz CT molecular complexity index is 483. The van der Waals surface area contributed by atoms with Gasteiger partial charge in [-0.25, -0.2) is 4.79 Å². The molecule has 1 amide bonds. The Morgan fingerprint density at radius 1 is 1.56 bits per heavy atom. The zero-order chi connectivity index (χ0) is 13.1. The monoisotopic (exact) mass is 286 g/mol. The number of rotatable bonds is 2. The molecule has 0 radical (unpaired) electrons. The molecule has 18 heavy (non-hydrogen) atoms. The highest BCUT2D eigenvalue weighted by molar-refractivity contribution is 7.99. The predicted octanol–water partition coefficient (Wildman–Crippen LogP) is 1.38. The summed E-state index contributed by atoms with van der Waals surface area (Å²) in [6.45, 7) is 0.416. The Hall–Kier alpha value is -1.27. The van der Waals surface area contributed by atoms with Crippen molar-refractivity contribution in [2.75, 3.05) is 18.1 Å². The van der Waals surface area contributed by atoms with Crippen LogP contribution in [0.25, 0.3) is 0 Å². The summed E-state index contributed by atoms with van der Waals surface area (Å²) in [5.41, 5.74) is 0.296. The van der Waals surface area contributed by atoms with E-state index >= 15 is 0 Å². The molecule has 0 aromatic carbocycles. The Labute approximate surface area is 113 Å². The summed E-state index contributed by atoms with van der Waals surface area (Å²) in [7, 11) is 0. The van der Waals surface area contributed by atoms with Crippen molar-refractivity contribution in [2.24, 2.45) is 0 Å². The minimum Gasteiger partial charge on any atom is -0.480 e. The van der Waals surface area contributed by atoms with Gasteiger partial charge in [-0.05, 0) is 6.07 Å². The molecule has 1 N–H and O–H groups in total. The lowest BCUT2D eigenvalue weighted by atomic mass is 10.2. The van der Waals surface area contributed by atoms with Crippen LogP contribution < -0.4 is 0 Å². The summed E-state index contributed by atoms with van der Waals surface area (Å²) in [6.07, 6.45) is 2.84. The standard InChI is InChI=1S/C11H11ClN2O3S/c12-8-5-13-2-1-7(8)10(15)14-3-4-18-6-9(14)11(16)17/h1-2,5,9H,3-4,6H2,(H,16,17).